The molecule has 106 valence electrons. The molecule has 7 unspecified atom stereocenters. The van der Waals surface area contributed by atoms with Crippen molar-refractivity contribution >= 4 is 5.97 Å². The van der Waals surface area contributed by atoms with Crippen molar-refractivity contribution in [2.75, 3.05) is 0 Å². The zero-order chi connectivity index (χ0) is 13.7. The molecule has 0 aromatic carbocycles. The van der Waals surface area contributed by atoms with Crippen LogP contribution in [0.25, 0.3) is 0 Å². The lowest BCUT2D eigenvalue weighted by Crippen LogP contribution is -2.35. The zero-order valence-electron chi connectivity index (χ0n) is 11.8. The topological polar surface area (TPSA) is 46.5 Å². The molecule has 3 aliphatic rings. The SMILES string of the molecule is C=C(C)C(=O)OC1CC2C3CCC(C3)C2C1C(C)O. The molecule has 3 saturated carbocycles. The van der Waals surface area contributed by atoms with Crippen LogP contribution >= 0.6 is 0 Å². The van der Waals surface area contributed by atoms with Gasteiger partial charge in [0.25, 0.3) is 0 Å². The third-order valence-corrected chi connectivity index (χ3v) is 5.70. The second-order valence-corrected chi connectivity index (χ2v) is 6.85. The third-order valence-electron chi connectivity index (χ3n) is 5.70. The Labute approximate surface area is 115 Å². The van der Waals surface area contributed by atoms with E-state index < -0.39 is 6.10 Å². The van der Waals surface area contributed by atoms with Gasteiger partial charge in [-0.15, -0.1) is 0 Å². The Morgan fingerprint density at radius 2 is 2.00 bits per heavy atom. The van der Waals surface area contributed by atoms with E-state index in [2.05, 4.69) is 6.58 Å². The number of hydrogen-bond donors (Lipinski definition) is 1. The Morgan fingerprint density at radius 1 is 1.32 bits per heavy atom. The van der Waals surface area contributed by atoms with Gasteiger partial charge in [-0.1, -0.05) is 6.58 Å². The fourth-order valence-corrected chi connectivity index (χ4v) is 5.07. The molecule has 0 saturated heterocycles. The molecule has 3 fully saturated rings. The first-order chi connectivity index (χ1) is 8.99. The number of aliphatic hydroxyl groups is 1. The second-order valence-electron chi connectivity index (χ2n) is 6.85. The number of rotatable bonds is 3. The highest BCUT2D eigenvalue weighted by atomic mass is 16.5. The second kappa shape index (κ2) is 4.62. The fourth-order valence-electron chi connectivity index (χ4n) is 5.07. The molecular weight excluding hydrogens is 240 g/mol. The number of carbonyl (C=O) groups is 1. The molecule has 0 aliphatic heterocycles. The smallest absolute Gasteiger partial charge is 0.333 e. The van der Waals surface area contributed by atoms with Crippen molar-refractivity contribution in [2.24, 2.45) is 29.6 Å². The lowest BCUT2D eigenvalue weighted by molar-refractivity contribution is -0.148. The van der Waals surface area contributed by atoms with E-state index in [1.807, 2.05) is 6.92 Å². The average Bonchev–Trinajstić information content (AvgIpc) is 2.97. The molecule has 19 heavy (non-hydrogen) atoms. The van der Waals surface area contributed by atoms with Crippen LogP contribution in [-0.2, 0) is 9.53 Å². The first-order valence-corrected chi connectivity index (χ1v) is 7.53. The van der Waals surface area contributed by atoms with Crippen molar-refractivity contribution in [3.63, 3.8) is 0 Å². The number of carbonyl (C=O) groups excluding carboxylic acids is 1. The Morgan fingerprint density at radius 3 is 2.63 bits per heavy atom. The molecule has 2 bridgehead atoms. The van der Waals surface area contributed by atoms with Crippen LogP contribution in [0.1, 0.15) is 39.5 Å². The maximum atomic E-state index is 11.8. The van der Waals surface area contributed by atoms with Crippen LogP contribution in [-0.4, -0.2) is 23.3 Å². The summed E-state index contributed by atoms with van der Waals surface area (Å²) in [7, 11) is 0. The minimum atomic E-state index is -0.391. The average molecular weight is 264 g/mol. The van der Waals surface area contributed by atoms with Crippen LogP contribution in [0.3, 0.4) is 0 Å². The van der Waals surface area contributed by atoms with Gasteiger partial charge >= 0.3 is 5.97 Å². The van der Waals surface area contributed by atoms with Crippen LogP contribution in [0.5, 0.6) is 0 Å². The van der Waals surface area contributed by atoms with Gasteiger partial charge in [-0.2, -0.15) is 0 Å². The van der Waals surface area contributed by atoms with Crippen LogP contribution < -0.4 is 0 Å². The highest BCUT2D eigenvalue weighted by molar-refractivity contribution is 5.87. The van der Waals surface area contributed by atoms with Crippen molar-refractivity contribution in [3.8, 4) is 0 Å². The summed E-state index contributed by atoms with van der Waals surface area (Å²) in [6, 6.07) is 0. The molecular formula is C16H24O3. The summed E-state index contributed by atoms with van der Waals surface area (Å²) >= 11 is 0. The highest BCUT2D eigenvalue weighted by Gasteiger charge is 2.58. The van der Waals surface area contributed by atoms with Gasteiger partial charge in [-0.25, -0.2) is 4.79 Å². The minimum Gasteiger partial charge on any atom is -0.459 e. The van der Waals surface area contributed by atoms with E-state index in [1.54, 1.807) is 6.92 Å². The van der Waals surface area contributed by atoms with Gasteiger partial charge in [0.1, 0.15) is 6.10 Å². The number of aliphatic hydroxyl groups excluding tert-OH is 1. The molecule has 0 aromatic heterocycles. The minimum absolute atomic E-state index is 0.109. The Bertz CT molecular complexity index is 401. The Kier molecular flexibility index (Phi) is 3.20. The van der Waals surface area contributed by atoms with Crippen molar-refractivity contribution in [1.82, 2.24) is 0 Å². The quantitative estimate of drug-likeness (QED) is 0.629. The summed E-state index contributed by atoms with van der Waals surface area (Å²) in [4.78, 5) is 11.8. The van der Waals surface area contributed by atoms with Gasteiger partial charge in [0.05, 0.1) is 6.10 Å². The summed E-state index contributed by atoms with van der Waals surface area (Å²) in [6.07, 6.45) is 4.41. The summed E-state index contributed by atoms with van der Waals surface area (Å²) in [6.45, 7) is 7.17. The van der Waals surface area contributed by atoms with Gasteiger partial charge in [-0.3, -0.25) is 0 Å². The van der Waals surface area contributed by atoms with Gasteiger partial charge < -0.3 is 9.84 Å². The van der Waals surface area contributed by atoms with Gasteiger partial charge in [0, 0.05) is 11.5 Å². The van der Waals surface area contributed by atoms with E-state index in [4.69, 9.17) is 4.74 Å². The van der Waals surface area contributed by atoms with Gasteiger partial charge in [-0.05, 0) is 63.2 Å². The molecule has 0 aromatic rings. The van der Waals surface area contributed by atoms with Gasteiger partial charge in [0.2, 0.25) is 0 Å². The van der Waals surface area contributed by atoms with Crippen LogP contribution in [0, 0.1) is 29.6 Å². The first-order valence-electron chi connectivity index (χ1n) is 7.53. The normalized spacial score (nSPS) is 45.0. The molecule has 0 heterocycles. The fraction of sp³-hybridized carbons (Fsp3) is 0.812. The lowest BCUT2D eigenvalue weighted by atomic mass is 9.76. The molecule has 1 N–H and O–H groups in total. The summed E-state index contributed by atoms with van der Waals surface area (Å²) in [5, 5.41) is 10.1. The number of hydrogen-bond acceptors (Lipinski definition) is 3. The largest absolute Gasteiger partial charge is 0.459 e. The molecule has 3 rings (SSSR count). The van der Waals surface area contributed by atoms with E-state index in [0.29, 0.717) is 17.4 Å². The van der Waals surface area contributed by atoms with Crippen LogP contribution in [0.4, 0.5) is 0 Å². The molecule has 7 atom stereocenters. The maximum absolute atomic E-state index is 11.8. The zero-order valence-corrected chi connectivity index (χ0v) is 11.8. The predicted octanol–water partition coefficient (Wildman–Crippen LogP) is 2.54. The molecule has 3 aliphatic carbocycles. The monoisotopic (exact) mass is 264 g/mol. The standard InChI is InChI=1S/C16H24O3/c1-8(2)16(18)19-13-7-12-10-4-5-11(6-10)15(12)14(13)9(3)17/h9-15,17H,1,4-7H2,2-3H3. The van der Waals surface area contributed by atoms with Crippen molar-refractivity contribution in [3.05, 3.63) is 12.2 Å². The number of ether oxygens (including phenoxy) is 1. The summed E-state index contributed by atoms with van der Waals surface area (Å²) in [5.74, 6) is 2.63. The molecule has 3 nitrogen and oxygen atoms in total. The van der Waals surface area contributed by atoms with E-state index in [0.717, 1.165) is 18.3 Å². The Hall–Kier alpha value is -0.830. The summed E-state index contributed by atoms with van der Waals surface area (Å²) in [5.41, 5.74) is 0.448. The summed E-state index contributed by atoms with van der Waals surface area (Å²) < 4.78 is 5.61. The number of fused-ring (bicyclic) bond motifs is 5. The van der Waals surface area contributed by atoms with Crippen molar-refractivity contribution < 1.29 is 14.6 Å². The lowest BCUT2D eigenvalue weighted by Gasteiger charge is -2.31. The molecule has 0 spiro atoms. The Balaban J connectivity index is 1.78. The molecule has 0 radical (unpaired) electrons. The first kappa shape index (κ1) is 13.2. The molecule has 0 amide bonds. The van der Waals surface area contributed by atoms with E-state index in [9.17, 15) is 9.90 Å². The highest BCUT2D eigenvalue weighted by Crippen LogP contribution is 2.61. The van der Waals surface area contributed by atoms with E-state index in [-0.39, 0.29) is 18.0 Å². The third kappa shape index (κ3) is 2.03. The van der Waals surface area contributed by atoms with Crippen LogP contribution in [0.15, 0.2) is 12.2 Å². The van der Waals surface area contributed by atoms with Crippen LogP contribution in [0.2, 0.25) is 0 Å². The predicted molar refractivity (Wildman–Crippen MR) is 72.3 cm³/mol. The van der Waals surface area contributed by atoms with Crippen molar-refractivity contribution in [1.29, 1.82) is 0 Å². The maximum Gasteiger partial charge on any atom is 0.333 e. The number of esters is 1. The van der Waals surface area contributed by atoms with Crippen molar-refractivity contribution in [2.45, 2.75) is 51.7 Å². The van der Waals surface area contributed by atoms with Gasteiger partial charge in [0.15, 0.2) is 0 Å². The van der Waals surface area contributed by atoms with E-state index in [1.165, 1.54) is 19.3 Å². The van der Waals surface area contributed by atoms with E-state index >= 15 is 0 Å². The molecule has 3 heteroatoms.